The summed E-state index contributed by atoms with van der Waals surface area (Å²) in [6.45, 7) is 3.23. The molecule has 0 aliphatic rings. The normalized spacial score (nSPS) is 10.0. The van der Waals surface area contributed by atoms with Crippen molar-refractivity contribution >= 4 is 23.2 Å². The predicted molar refractivity (Wildman–Crippen MR) is 81.0 cm³/mol. The topological polar surface area (TPSA) is 59.6 Å². The molecule has 1 aromatic carbocycles. The lowest BCUT2D eigenvalue weighted by molar-refractivity contribution is -0.120. The summed E-state index contributed by atoms with van der Waals surface area (Å²) in [5, 5.41) is 6.45. The Morgan fingerprint density at radius 2 is 1.90 bits per heavy atom. The van der Waals surface area contributed by atoms with E-state index in [0.717, 1.165) is 12.1 Å². The maximum absolute atomic E-state index is 11.5. The van der Waals surface area contributed by atoms with E-state index in [2.05, 4.69) is 10.6 Å². The predicted octanol–water partition coefficient (Wildman–Crippen LogP) is 2.69. The number of hydrogen-bond donors (Lipinski definition) is 2. The second-order valence-electron chi connectivity index (χ2n) is 4.21. The van der Waals surface area contributed by atoms with Crippen molar-refractivity contribution in [2.45, 2.75) is 19.8 Å². The highest BCUT2D eigenvalue weighted by molar-refractivity contribution is 6.32. The van der Waals surface area contributed by atoms with Crippen LogP contribution in [0.2, 0.25) is 5.02 Å². The van der Waals surface area contributed by atoms with Gasteiger partial charge in [0, 0.05) is 31.6 Å². The molecule has 1 rings (SSSR count). The number of nitrogens with one attached hydrogen (secondary N) is 2. The van der Waals surface area contributed by atoms with Gasteiger partial charge in [-0.1, -0.05) is 18.5 Å². The minimum absolute atomic E-state index is 0.0271. The van der Waals surface area contributed by atoms with Gasteiger partial charge in [-0.3, -0.25) is 4.79 Å². The van der Waals surface area contributed by atoms with Gasteiger partial charge < -0.3 is 20.1 Å². The van der Waals surface area contributed by atoms with E-state index in [1.54, 1.807) is 26.4 Å². The summed E-state index contributed by atoms with van der Waals surface area (Å²) in [6.07, 6.45) is 1.33. The zero-order valence-corrected chi connectivity index (χ0v) is 12.8. The molecule has 0 spiro atoms. The van der Waals surface area contributed by atoms with Crippen LogP contribution in [0.25, 0.3) is 0 Å². The van der Waals surface area contributed by atoms with Crippen molar-refractivity contribution in [3.05, 3.63) is 17.2 Å². The number of rotatable bonds is 8. The van der Waals surface area contributed by atoms with Crippen LogP contribution in [0.15, 0.2) is 12.1 Å². The van der Waals surface area contributed by atoms with Crippen LogP contribution in [0.1, 0.15) is 19.8 Å². The van der Waals surface area contributed by atoms with Gasteiger partial charge in [-0.25, -0.2) is 0 Å². The molecule has 6 heteroatoms. The maximum Gasteiger partial charge on any atom is 0.221 e. The number of halogens is 1. The molecule has 0 atom stereocenters. The summed E-state index contributed by atoms with van der Waals surface area (Å²) in [5.41, 5.74) is 0.747. The average Bonchev–Trinajstić information content (AvgIpc) is 2.46. The first kappa shape index (κ1) is 16.4. The Labute approximate surface area is 124 Å². The highest BCUT2D eigenvalue weighted by Crippen LogP contribution is 2.35. The fourth-order valence-electron chi connectivity index (χ4n) is 1.66. The lowest BCUT2D eigenvalue weighted by Gasteiger charge is -2.13. The fraction of sp³-hybridized carbons (Fsp3) is 0.500. The molecular formula is C14H21ClN2O3. The van der Waals surface area contributed by atoms with E-state index in [9.17, 15) is 4.79 Å². The number of benzene rings is 1. The fourth-order valence-corrected chi connectivity index (χ4v) is 1.89. The Balaban J connectivity index is 2.60. The molecule has 0 aliphatic heterocycles. The minimum Gasteiger partial charge on any atom is -0.495 e. The molecule has 1 aromatic rings. The molecule has 20 heavy (non-hydrogen) atoms. The average molecular weight is 301 g/mol. The summed E-state index contributed by atoms with van der Waals surface area (Å²) in [7, 11) is 3.12. The van der Waals surface area contributed by atoms with Crippen molar-refractivity contribution in [2.75, 3.05) is 32.6 Å². The molecular weight excluding hydrogens is 280 g/mol. The third-order valence-corrected chi connectivity index (χ3v) is 3.01. The molecule has 0 saturated carbocycles. The van der Waals surface area contributed by atoms with Crippen LogP contribution in [0.5, 0.6) is 11.5 Å². The zero-order chi connectivity index (χ0) is 15.0. The smallest absolute Gasteiger partial charge is 0.221 e. The molecule has 1 amide bonds. The Kier molecular flexibility index (Phi) is 7.01. The van der Waals surface area contributed by atoms with Gasteiger partial charge >= 0.3 is 0 Å². The standard InChI is InChI=1S/C14H21ClN2O3/c1-4-6-17-14(18)5-7-16-11-9-12(19-2)10(15)8-13(11)20-3/h8-9,16H,4-7H2,1-3H3,(H,17,18). The largest absolute Gasteiger partial charge is 0.495 e. The Hall–Kier alpha value is -1.62. The van der Waals surface area contributed by atoms with Gasteiger partial charge in [-0.2, -0.15) is 0 Å². The SMILES string of the molecule is CCCNC(=O)CCNc1cc(OC)c(Cl)cc1OC. The van der Waals surface area contributed by atoms with E-state index < -0.39 is 0 Å². The lowest BCUT2D eigenvalue weighted by Crippen LogP contribution is -2.25. The second kappa shape index (κ2) is 8.53. The van der Waals surface area contributed by atoms with Gasteiger partial charge in [-0.15, -0.1) is 0 Å². The van der Waals surface area contributed by atoms with Crippen molar-refractivity contribution in [3.63, 3.8) is 0 Å². The highest BCUT2D eigenvalue weighted by atomic mass is 35.5. The molecule has 2 N–H and O–H groups in total. The molecule has 0 bridgehead atoms. The number of carbonyl (C=O) groups excluding carboxylic acids is 1. The van der Waals surface area contributed by atoms with Crippen LogP contribution in [0.4, 0.5) is 5.69 Å². The van der Waals surface area contributed by atoms with Crippen molar-refractivity contribution < 1.29 is 14.3 Å². The van der Waals surface area contributed by atoms with Crippen LogP contribution >= 0.6 is 11.6 Å². The highest BCUT2D eigenvalue weighted by Gasteiger charge is 2.10. The summed E-state index contributed by atoms with van der Waals surface area (Å²) in [4.78, 5) is 11.5. The van der Waals surface area contributed by atoms with Gasteiger partial charge in [0.15, 0.2) is 0 Å². The lowest BCUT2D eigenvalue weighted by atomic mass is 10.2. The molecule has 5 nitrogen and oxygen atoms in total. The molecule has 0 aliphatic carbocycles. The van der Waals surface area contributed by atoms with E-state index in [4.69, 9.17) is 21.1 Å². The molecule has 112 valence electrons. The van der Waals surface area contributed by atoms with Crippen molar-refractivity contribution in [3.8, 4) is 11.5 Å². The molecule has 0 heterocycles. The molecule has 0 saturated heterocycles. The summed E-state index contributed by atoms with van der Waals surface area (Å²) < 4.78 is 10.4. The Morgan fingerprint density at radius 3 is 2.50 bits per heavy atom. The Morgan fingerprint density at radius 1 is 1.20 bits per heavy atom. The van der Waals surface area contributed by atoms with Crippen LogP contribution in [0, 0.1) is 0 Å². The third kappa shape index (κ3) is 4.81. The summed E-state index contributed by atoms with van der Waals surface area (Å²) >= 11 is 6.03. The number of carbonyl (C=O) groups is 1. The molecule has 0 fully saturated rings. The van der Waals surface area contributed by atoms with Crippen molar-refractivity contribution in [1.82, 2.24) is 5.32 Å². The Bertz CT molecular complexity index is 452. The summed E-state index contributed by atoms with van der Waals surface area (Å²) in [6, 6.07) is 3.44. The van der Waals surface area contributed by atoms with Crippen LogP contribution < -0.4 is 20.1 Å². The van der Waals surface area contributed by atoms with Gasteiger partial charge in [0.2, 0.25) is 5.91 Å². The number of methoxy groups -OCH3 is 2. The number of amides is 1. The van der Waals surface area contributed by atoms with Crippen molar-refractivity contribution in [1.29, 1.82) is 0 Å². The maximum atomic E-state index is 11.5. The second-order valence-corrected chi connectivity index (χ2v) is 4.62. The minimum atomic E-state index is 0.0271. The van der Waals surface area contributed by atoms with Gasteiger partial charge in [0.05, 0.1) is 24.9 Å². The molecule has 0 unspecified atom stereocenters. The van der Waals surface area contributed by atoms with E-state index in [1.807, 2.05) is 6.92 Å². The first-order valence-corrected chi connectivity index (χ1v) is 6.92. The summed E-state index contributed by atoms with van der Waals surface area (Å²) in [5.74, 6) is 1.20. The number of ether oxygens (including phenoxy) is 2. The monoisotopic (exact) mass is 300 g/mol. The number of anilines is 1. The van der Waals surface area contributed by atoms with Crippen molar-refractivity contribution in [2.24, 2.45) is 0 Å². The molecule has 0 aromatic heterocycles. The van der Waals surface area contributed by atoms with Gasteiger partial charge in [-0.05, 0) is 6.42 Å². The van der Waals surface area contributed by atoms with Gasteiger partial charge in [0.1, 0.15) is 11.5 Å². The van der Waals surface area contributed by atoms with E-state index >= 15 is 0 Å². The van der Waals surface area contributed by atoms with Crippen LogP contribution in [-0.2, 0) is 4.79 Å². The van der Waals surface area contributed by atoms with E-state index in [0.29, 0.717) is 36.0 Å². The zero-order valence-electron chi connectivity index (χ0n) is 12.1. The first-order chi connectivity index (χ1) is 9.62. The first-order valence-electron chi connectivity index (χ1n) is 6.54. The van der Waals surface area contributed by atoms with Crippen LogP contribution in [0.3, 0.4) is 0 Å². The molecule has 0 radical (unpaired) electrons. The van der Waals surface area contributed by atoms with E-state index in [-0.39, 0.29) is 5.91 Å². The number of hydrogen-bond acceptors (Lipinski definition) is 4. The third-order valence-electron chi connectivity index (χ3n) is 2.71. The quantitative estimate of drug-likeness (QED) is 0.775. The van der Waals surface area contributed by atoms with E-state index in [1.165, 1.54) is 0 Å². The van der Waals surface area contributed by atoms with Gasteiger partial charge in [0.25, 0.3) is 0 Å². The van der Waals surface area contributed by atoms with Crippen LogP contribution in [-0.4, -0.2) is 33.2 Å².